The first-order chi connectivity index (χ1) is 17.6. The van der Waals surface area contributed by atoms with E-state index in [9.17, 15) is 22.7 Å². The van der Waals surface area contributed by atoms with Crippen LogP contribution in [0.25, 0.3) is 27.9 Å². The molecule has 0 spiro atoms. The van der Waals surface area contributed by atoms with E-state index >= 15 is 0 Å². The molecule has 1 saturated carbocycles. The molecule has 1 aliphatic carbocycles. The summed E-state index contributed by atoms with van der Waals surface area (Å²) in [5, 5.41) is 17.5. The van der Waals surface area contributed by atoms with Crippen LogP contribution in [0.4, 0.5) is 29.3 Å². The van der Waals surface area contributed by atoms with E-state index < -0.39 is 24.9 Å². The number of alkyl halides is 4. The molecule has 37 heavy (non-hydrogen) atoms. The molecule has 5 heterocycles. The Bertz CT molecular complexity index is 1500. The Morgan fingerprint density at radius 1 is 1.19 bits per heavy atom. The van der Waals surface area contributed by atoms with Gasteiger partial charge >= 0.3 is 0 Å². The zero-order chi connectivity index (χ0) is 26.1. The van der Waals surface area contributed by atoms with Gasteiger partial charge in [0.2, 0.25) is 11.8 Å². The van der Waals surface area contributed by atoms with Crippen LogP contribution in [0.5, 0.6) is 5.88 Å². The smallest absolute Gasteiger partial charge is 0.280 e. The lowest BCUT2D eigenvalue weighted by atomic mass is 10.0. The molecule has 4 N–H and O–H groups in total. The van der Waals surface area contributed by atoms with Gasteiger partial charge in [-0.15, -0.1) is 5.10 Å². The first-order valence-electron chi connectivity index (χ1n) is 12.0. The van der Waals surface area contributed by atoms with E-state index in [0.717, 1.165) is 17.4 Å². The van der Waals surface area contributed by atoms with Crippen molar-refractivity contribution in [1.29, 1.82) is 0 Å². The minimum Gasteiger partial charge on any atom is -0.493 e. The molecule has 6 rings (SSSR count). The van der Waals surface area contributed by atoms with Crippen molar-refractivity contribution in [2.24, 2.45) is 0 Å². The van der Waals surface area contributed by atoms with Crippen molar-refractivity contribution in [2.45, 2.75) is 57.2 Å². The number of aromatic nitrogens is 6. The fraction of sp³-hybridized carbons (Fsp3) is 0.478. The zero-order valence-corrected chi connectivity index (χ0v) is 19.9. The minimum atomic E-state index is -2.99. The molecule has 10 nitrogen and oxygen atoms in total. The summed E-state index contributed by atoms with van der Waals surface area (Å²) in [6.45, 7) is 1.26. The third-order valence-electron chi connectivity index (χ3n) is 7.00. The highest BCUT2D eigenvalue weighted by atomic mass is 19.3. The molecule has 2 fully saturated rings. The number of rotatable bonds is 6. The van der Waals surface area contributed by atoms with Gasteiger partial charge in [-0.25, -0.2) is 27.5 Å². The first kappa shape index (κ1) is 23.7. The van der Waals surface area contributed by atoms with Crippen molar-refractivity contribution < 1.29 is 22.7 Å². The molecule has 4 aromatic rings. The molecule has 1 aliphatic heterocycles. The second-order valence-corrected chi connectivity index (χ2v) is 9.65. The van der Waals surface area contributed by atoms with Crippen molar-refractivity contribution in [3.05, 3.63) is 24.0 Å². The van der Waals surface area contributed by atoms with Gasteiger partial charge in [-0.1, -0.05) is 0 Å². The number of aryl methyl sites for hydroxylation is 1. The van der Waals surface area contributed by atoms with E-state index in [0.29, 0.717) is 29.1 Å². The number of fused-ring (bicyclic) bond motifs is 2. The van der Waals surface area contributed by atoms with Crippen LogP contribution >= 0.6 is 0 Å². The summed E-state index contributed by atoms with van der Waals surface area (Å²) in [4.78, 5) is 14.8. The van der Waals surface area contributed by atoms with Crippen LogP contribution in [0.2, 0.25) is 0 Å². The summed E-state index contributed by atoms with van der Waals surface area (Å²) < 4.78 is 58.3. The molecular formula is C23H25F4N9O. The Morgan fingerprint density at radius 3 is 2.68 bits per heavy atom. The number of nitrogens with two attached hydrogens (primary N) is 1. The van der Waals surface area contributed by atoms with Crippen molar-refractivity contribution in [3.8, 4) is 17.1 Å². The molecule has 0 amide bonds. The fourth-order valence-corrected chi connectivity index (χ4v) is 5.05. The molecular weight excluding hydrogens is 494 g/mol. The molecule has 14 heteroatoms. The lowest BCUT2D eigenvalue weighted by molar-refractivity contribution is -0.0761. The molecule has 1 saturated heterocycles. The summed E-state index contributed by atoms with van der Waals surface area (Å²) in [6.07, 6.45) is -0.474. The van der Waals surface area contributed by atoms with Crippen molar-refractivity contribution >= 4 is 28.4 Å². The Morgan fingerprint density at radius 2 is 1.97 bits per heavy atom. The van der Waals surface area contributed by atoms with Gasteiger partial charge in [-0.3, -0.25) is 4.90 Å². The van der Waals surface area contributed by atoms with Gasteiger partial charge in [-0.2, -0.15) is 9.50 Å². The van der Waals surface area contributed by atoms with Crippen LogP contribution < -0.4 is 11.1 Å². The van der Waals surface area contributed by atoms with Gasteiger partial charge in [0, 0.05) is 24.2 Å². The molecule has 0 radical (unpaired) electrons. The number of halogens is 4. The maximum Gasteiger partial charge on any atom is 0.280 e. The number of nitrogen functional groups attached to an aromatic ring is 1. The number of anilines is 2. The summed E-state index contributed by atoms with van der Waals surface area (Å²) in [7, 11) is 0. The Labute approximate surface area is 208 Å². The van der Waals surface area contributed by atoms with Crippen LogP contribution in [0.3, 0.4) is 0 Å². The van der Waals surface area contributed by atoms with Crippen molar-refractivity contribution in [1.82, 2.24) is 34.0 Å². The standard InChI is InChI=1S/C23H25F4N9O/c1-11-29-15-5-4-14(30-21(15)35(11)9-17(24)25)13-8-18(37)36-19(13)20(28)32-22(33-36)31-16-6-7-34(12-2-3-12)10-23(16,26)27/h4-5,8,12,16-17,37H,2-3,6-7,9-10H2,1H3,(H3,28,31,32,33). The molecule has 2 aliphatic rings. The van der Waals surface area contributed by atoms with Gasteiger partial charge < -0.3 is 20.7 Å². The maximum atomic E-state index is 14.8. The Balaban J connectivity index is 1.34. The van der Waals surface area contributed by atoms with Crippen LogP contribution in [0.15, 0.2) is 18.2 Å². The molecule has 4 aromatic heterocycles. The van der Waals surface area contributed by atoms with Gasteiger partial charge in [0.1, 0.15) is 16.9 Å². The highest BCUT2D eigenvalue weighted by Gasteiger charge is 2.48. The molecule has 0 bridgehead atoms. The topological polar surface area (TPSA) is 122 Å². The molecule has 1 atom stereocenters. The highest BCUT2D eigenvalue weighted by molar-refractivity contribution is 5.89. The van der Waals surface area contributed by atoms with Crippen LogP contribution in [-0.2, 0) is 6.54 Å². The lowest BCUT2D eigenvalue weighted by Crippen LogP contribution is -2.55. The highest BCUT2D eigenvalue weighted by Crippen LogP contribution is 2.37. The molecule has 196 valence electrons. The quantitative estimate of drug-likeness (QED) is 0.332. The second-order valence-electron chi connectivity index (χ2n) is 9.65. The number of nitrogens with zero attached hydrogens (tertiary/aromatic N) is 7. The zero-order valence-electron chi connectivity index (χ0n) is 19.9. The summed E-state index contributed by atoms with van der Waals surface area (Å²) in [6, 6.07) is 3.68. The number of hydrogen-bond acceptors (Lipinski definition) is 8. The number of hydrogen-bond donors (Lipinski definition) is 3. The number of likely N-dealkylation sites (tertiary alicyclic amines) is 1. The van der Waals surface area contributed by atoms with E-state index in [-0.39, 0.29) is 47.8 Å². The van der Waals surface area contributed by atoms with Crippen molar-refractivity contribution in [2.75, 3.05) is 24.1 Å². The number of piperidine rings is 1. The third kappa shape index (κ3) is 4.18. The van der Waals surface area contributed by atoms with Gasteiger partial charge in [0.25, 0.3) is 12.3 Å². The first-order valence-corrected chi connectivity index (χ1v) is 12.0. The van der Waals surface area contributed by atoms with E-state index in [4.69, 9.17) is 5.73 Å². The van der Waals surface area contributed by atoms with E-state index in [1.165, 1.54) is 10.6 Å². The van der Waals surface area contributed by atoms with Crippen LogP contribution in [-0.4, -0.2) is 76.7 Å². The molecule has 0 aromatic carbocycles. The molecule has 1 unspecified atom stereocenters. The second kappa shape index (κ2) is 8.43. The predicted octanol–water partition coefficient (Wildman–Crippen LogP) is 3.29. The third-order valence-corrected chi connectivity index (χ3v) is 7.00. The van der Waals surface area contributed by atoms with Crippen LogP contribution in [0, 0.1) is 6.92 Å². The van der Waals surface area contributed by atoms with Crippen molar-refractivity contribution in [3.63, 3.8) is 0 Å². The monoisotopic (exact) mass is 519 g/mol. The van der Waals surface area contributed by atoms with Crippen LogP contribution in [0.1, 0.15) is 25.1 Å². The summed E-state index contributed by atoms with van der Waals surface area (Å²) >= 11 is 0. The van der Waals surface area contributed by atoms with E-state index in [1.54, 1.807) is 19.1 Å². The average Bonchev–Trinajstić information content (AvgIpc) is 3.56. The number of imidazole rings is 1. The number of nitrogens with one attached hydrogen (secondary N) is 1. The number of pyridine rings is 1. The fourth-order valence-electron chi connectivity index (χ4n) is 5.05. The SMILES string of the molecule is Cc1nc2ccc(-c3cc(O)n4nc(NC5CCN(C6CC6)CC5(F)F)nc(N)c34)nc2n1CC(F)F. The maximum absolute atomic E-state index is 14.8. The Hall–Kier alpha value is -3.68. The summed E-state index contributed by atoms with van der Waals surface area (Å²) in [5.74, 6) is -3.11. The number of aromatic hydroxyl groups is 1. The normalized spacial score (nSPS) is 20.3. The van der Waals surface area contributed by atoms with E-state index in [1.807, 2.05) is 4.90 Å². The Kier molecular flexibility index (Phi) is 5.40. The lowest BCUT2D eigenvalue weighted by Gasteiger charge is -2.38. The average molecular weight is 520 g/mol. The predicted molar refractivity (Wildman–Crippen MR) is 128 cm³/mol. The van der Waals surface area contributed by atoms with Gasteiger partial charge in [-0.05, 0) is 38.3 Å². The van der Waals surface area contributed by atoms with Gasteiger partial charge in [0.15, 0.2) is 11.5 Å². The minimum absolute atomic E-state index is 0.0642. The summed E-state index contributed by atoms with van der Waals surface area (Å²) in [5.41, 5.74) is 7.80. The largest absolute Gasteiger partial charge is 0.493 e. The van der Waals surface area contributed by atoms with E-state index in [2.05, 4.69) is 25.4 Å². The van der Waals surface area contributed by atoms with Gasteiger partial charge in [0.05, 0.1) is 24.8 Å².